The summed E-state index contributed by atoms with van der Waals surface area (Å²) in [5.74, 6) is 2.19. The predicted molar refractivity (Wildman–Crippen MR) is 41.3 cm³/mol. The second kappa shape index (κ2) is 4.87. The summed E-state index contributed by atoms with van der Waals surface area (Å²) in [7, 11) is 0. The van der Waals surface area contributed by atoms with Gasteiger partial charge in [0.25, 0.3) is 5.91 Å². The lowest BCUT2D eigenvalue weighted by molar-refractivity contribution is -0.115. The topological polar surface area (TPSA) is 29.1 Å². The molecule has 1 unspecified atom stereocenters. The molecule has 0 aromatic heterocycles. The Morgan fingerprint density at radius 1 is 1.80 bits per heavy atom. The number of amides is 1. The number of terminal acetylenes is 1. The highest BCUT2D eigenvalue weighted by Gasteiger charge is 1.99. The van der Waals surface area contributed by atoms with E-state index in [1.807, 2.05) is 5.92 Å². The Kier molecular flexibility index (Phi) is 4.39. The maximum atomic E-state index is 10.5. The molecule has 0 rings (SSSR count). The molecule has 0 aliphatic carbocycles. The zero-order valence-corrected chi connectivity index (χ0v) is 6.48. The van der Waals surface area contributed by atoms with E-state index in [-0.39, 0.29) is 5.91 Å². The van der Waals surface area contributed by atoms with Gasteiger partial charge in [-0.2, -0.15) is 0 Å². The minimum atomic E-state index is -0.319. The van der Waals surface area contributed by atoms with Crippen LogP contribution in [0.4, 0.5) is 0 Å². The van der Waals surface area contributed by atoms with Crippen molar-refractivity contribution in [3.8, 4) is 12.3 Å². The van der Waals surface area contributed by atoms with Gasteiger partial charge in [-0.3, -0.25) is 4.79 Å². The molecule has 0 radical (unpaired) electrons. The van der Waals surface area contributed by atoms with Crippen molar-refractivity contribution in [3.63, 3.8) is 0 Å². The first-order chi connectivity index (χ1) is 4.70. The second-order valence-electron chi connectivity index (χ2n) is 2.37. The highest BCUT2D eigenvalue weighted by atomic mass is 16.1. The van der Waals surface area contributed by atoms with E-state index in [9.17, 15) is 4.79 Å². The molecular formula is C8H13NO. The van der Waals surface area contributed by atoms with Crippen LogP contribution in [0.1, 0.15) is 20.3 Å². The normalized spacial score (nSPS) is 11.7. The summed E-state index contributed by atoms with van der Waals surface area (Å²) < 4.78 is 0. The van der Waals surface area contributed by atoms with Crippen molar-refractivity contribution in [2.75, 3.05) is 6.54 Å². The van der Waals surface area contributed by atoms with Gasteiger partial charge in [0.15, 0.2) is 0 Å². The Hall–Kier alpha value is -0.970. The fourth-order valence-electron chi connectivity index (χ4n) is 0.462. The number of hydrogen-bond donors (Lipinski definition) is 1. The lowest BCUT2D eigenvalue weighted by atomic mass is 10.1. The smallest absolute Gasteiger partial charge is 0.295 e. The molecule has 56 valence electrons. The van der Waals surface area contributed by atoms with Crippen LogP contribution in [0.3, 0.4) is 0 Å². The second-order valence-corrected chi connectivity index (χ2v) is 2.37. The van der Waals surface area contributed by atoms with E-state index in [2.05, 4.69) is 19.2 Å². The number of carbonyl (C=O) groups excluding carboxylic acids is 1. The standard InChI is InChI=1S/C8H13NO/c1-4-7(3)6-9-8(10)5-2/h2,7H,4,6H2,1,3H3,(H,9,10). The van der Waals surface area contributed by atoms with E-state index in [0.717, 1.165) is 6.42 Å². The van der Waals surface area contributed by atoms with Gasteiger partial charge >= 0.3 is 0 Å². The van der Waals surface area contributed by atoms with Gasteiger partial charge in [-0.25, -0.2) is 0 Å². The number of carbonyl (C=O) groups is 1. The SMILES string of the molecule is C#CC(=O)NCC(C)CC. The first kappa shape index (κ1) is 9.03. The van der Waals surface area contributed by atoms with Crippen LogP contribution in [0.25, 0.3) is 0 Å². The van der Waals surface area contributed by atoms with E-state index >= 15 is 0 Å². The molecule has 0 saturated heterocycles. The van der Waals surface area contributed by atoms with Gasteiger partial charge in [-0.1, -0.05) is 20.3 Å². The monoisotopic (exact) mass is 139 g/mol. The van der Waals surface area contributed by atoms with Crippen molar-refractivity contribution in [2.24, 2.45) is 5.92 Å². The van der Waals surface area contributed by atoms with E-state index in [0.29, 0.717) is 12.5 Å². The third-order valence-electron chi connectivity index (χ3n) is 1.44. The fourth-order valence-corrected chi connectivity index (χ4v) is 0.462. The molecule has 1 atom stereocenters. The van der Waals surface area contributed by atoms with Gasteiger partial charge in [0.2, 0.25) is 0 Å². The van der Waals surface area contributed by atoms with E-state index in [4.69, 9.17) is 6.42 Å². The molecule has 2 heteroatoms. The third-order valence-corrected chi connectivity index (χ3v) is 1.44. The van der Waals surface area contributed by atoms with Crippen LogP contribution in [0.2, 0.25) is 0 Å². The van der Waals surface area contributed by atoms with Crippen LogP contribution in [0, 0.1) is 18.3 Å². The molecule has 1 amide bonds. The zero-order valence-electron chi connectivity index (χ0n) is 6.48. The van der Waals surface area contributed by atoms with E-state index < -0.39 is 0 Å². The van der Waals surface area contributed by atoms with Crippen LogP contribution in [0.5, 0.6) is 0 Å². The van der Waals surface area contributed by atoms with Crippen molar-refractivity contribution in [2.45, 2.75) is 20.3 Å². The average molecular weight is 139 g/mol. The number of hydrogen-bond acceptors (Lipinski definition) is 1. The summed E-state index contributed by atoms with van der Waals surface area (Å²) in [4.78, 5) is 10.5. The van der Waals surface area contributed by atoms with Crippen molar-refractivity contribution in [3.05, 3.63) is 0 Å². The Balaban J connectivity index is 3.37. The highest BCUT2D eigenvalue weighted by molar-refractivity contribution is 5.92. The Bertz CT molecular complexity index is 146. The van der Waals surface area contributed by atoms with Crippen LogP contribution < -0.4 is 5.32 Å². The first-order valence-electron chi connectivity index (χ1n) is 3.45. The maximum Gasteiger partial charge on any atom is 0.295 e. The molecule has 0 spiro atoms. The highest BCUT2D eigenvalue weighted by Crippen LogP contribution is 1.96. The van der Waals surface area contributed by atoms with Crippen molar-refractivity contribution < 1.29 is 4.79 Å². The minimum absolute atomic E-state index is 0.319. The first-order valence-corrected chi connectivity index (χ1v) is 3.45. The van der Waals surface area contributed by atoms with Gasteiger partial charge in [0.05, 0.1) is 0 Å². The lowest BCUT2D eigenvalue weighted by Crippen LogP contribution is -2.26. The molecule has 0 fully saturated rings. The molecule has 0 aliphatic heterocycles. The van der Waals surface area contributed by atoms with Gasteiger partial charge < -0.3 is 5.32 Å². The van der Waals surface area contributed by atoms with Crippen LogP contribution in [0.15, 0.2) is 0 Å². The zero-order chi connectivity index (χ0) is 7.98. The molecule has 0 aromatic rings. The molecule has 0 bridgehead atoms. The maximum absolute atomic E-state index is 10.5. The van der Waals surface area contributed by atoms with Gasteiger partial charge in [0, 0.05) is 6.54 Å². The summed E-state index contributed by atoms with van der Waals surface area (Å²) >= 11 is 0. The number of nitrogens with one attached hydrogen (secondary N) is 1. The molecule has 0 heterocycles. The third kappa shape index (κ3) is 3.96. The summed E-state index contributed by atoms with van der Waals surface area (Å²) in [5, 5.41) is 2.61. The minimum Gasteiger partial charge on any atom is -0.345 e. The van der Waals surface area contributed by atoms with Crippen LogP contribution in [-0.2, 0) is 4.79 Å². The molecule has 0 aliphatic rings. The summed E-state index contributed by atoms with van der Waals surface area (Å²) in [5.41, 5.74) is 0. The van der Waals surface area contributed by atoms with Crippen LogP contribution >= 0.6 is 0 Å². The predicted octanol–water partition coefficient (Wildman–Crippen LogP) is 0.782. The van der Waals surface area contributed by atoms with Crippen molar-refractivity contribution in [1.29, 1.82) is 0 Å². The van der Waals surface area contributed by atoms with E-state index in [1.165, 1.54) is 0 Å². The van der Waals surface area contributed by atoms with Crippen molar-refractivity contribution in [1.82, 2.24) is 5.32 Å². The molecule has 10 heavy (non-hydrogen) atoms. The van der Waals surface area contributed by atoms with Crippen LogP contribution in [-0.4, -0.2) is 12.5 Å². The summed E-state index contributed by atoms with van der Waals surface area (Å²) in [6.45, 7) is 4.82. The van der Waals surface area contributed by atoms with Crippen molar-refractivity contribution >= 4 is 5.91 Å². The quantitative estimate of drug-likeness (QED) is 0.575. The summed E-state index contributed by atoms with van der Waals surface area (Å²) in [6.07, 6.45) is 5.90. The van der Waals surface area contributed by atoms with E-state index in [1.54, 1.807) is 0 Å². The molecule has 0 aromatic carbocycles. The molecule has 0 saturated carbocycles. The fraction of sp³-hybridized carbons (Fsp3) is 0.625. The van der Waals surface area contributed by atoms with Gasteiger partial charge in [0.1, 0.15) is 0 Å². The Morgan fingerprint density at radius 3 is 2.80 bits per heavy atom. The lowest BCUT2D eigenvalue weighted by Gasteiger charge is -2.06. The molecule has 2 nitrogen and oxygen atoms in total. The molecule has 1 N–H and O–H groups in total. The molecular weight excluding hydrogens is 126 g/mol. The average Bonchev–Trinajstić information content (AvgIpc) is 1.99. The van der Waals surface area contributed by atoms with Gasteiger partial charge in [-0.15, -0.1) is 6.42 Å². The van der Waals surface area contributed by atoms with Gasteiger partial charge in [-0.05, 0) is 11.8 Å². The summed E-state index contributed by atoms with van der Waals surface area (Å²) in [6, 6.07) is 0. The number of rotatable bonds is 3. The Morgan fingerprint density at radius 2 is 2.40 bits per heavy atom. The largest absolute Gasteiger partial charge is 0.345 e. The Labute approximate surface area is 62.0 Å².